The lowest BCUT2D eigenvalue weighted by Gasteiger charge is -2.22. The Bertz CT molecular complexity index is 293. The summed E-state index contributed by atoms with van der Waals surface area (Å²) in [5, 5.41) is 8.77. The minimum atomic E-state index is -0.990. The fourth-order valence-corrected chi connectivity index (χ4v) is 1.71. The van der Waals surface area contributed by atoms with Crippen molar-refractivity contribution in [2.45, 2.75) is 25.0 Å². The third kappa shape index (κ3) is 3.98. The molecule has 1 amide bonds. The SMILES string of the molecule is CN(C)CCN(C)C(=O)[C@@H]1CC[C@H](C(=O)O)O1. The van der Waals surface area contributed by atoms with Crippen LogP contribution in [0.3, 0.4) is 0 Å². The van der Waals surface area contributed by atoms with Crippen molar-refractivity contribution >= 4 is 11.9 Å². The molecular formula is C11H20N2O4. The van der Waals surface area contributed by atoms with Crippen LogP contribution in [0.1, 0.15) is 12.8 Å². The number of hydrogen-bond acceptors (Lipinski definition) is 4. The maximum atomic E-state index is 11.9. The molecule has 1 heterocycles. The molecule has 0 aromatic heterocycles. The maximum Gasteiger partial charge on any atom is 0.332 e. The van der Waals surface area contributed by atoms with E-state index in [0.717, 1.165) is 6.54 Å². The standard InChI is InChI=1S/C11H20N2O4/c1-12(2)6-7-13(3)10(14)8-4-5-9(17-8)11(15)16/h8-9H,4-7H2,1-3H3,(H,15,16)/t8-,9+/m0/s1. The number of carbonyl (C=O) groups excluding carboxylic acids is 1. The van der Waals surface area contributed by atoms with Crippen LogP contribution in [0, 0.1) is 0 Å². The van der Waals surface area contributed by atoms with Gasteiger partial charge in [-0.3, -0.25) is 4.79 Å². The number of carbonyl (C=O) groups is 2. The molecule has 0 aromatic carbocycles. The van der Waals surface area contributed by atoms with Crippen LogP contribution < -0.4 is 0 Å². The van der Waals surface area contributed by atoms with E-state index in [1.807, 2.05) is 19.0 Å². The Morgan fingerprint density at radius 2 is 1.76 bits per heavy atom. The minimum Gasteiger partial charge on any atom is -0.479 e. The topological polar surface area (TPSA) is 70.1 Å². The van der Waals surface area contributed by atoms with Gasteiger partial charge in [-0.25, -0.2) is 4.79 Å². The molecule has 17 heavy (non-hydrogen) atoms. The summed E-state index contributed by atoms with van der Waals surface area (Å²) >= 11 is 0. The van der Waals surface area contributed by atoms with E-state index in [4.69, 9.17) is 9.84 Å². The molecule has 0 radical (unpaired) electrons. The van der Waals surface area contributed by atoms with Crippen LogP contribution in [0.5, 0.6) is 0 Å². The first-order chi connectivity index (χ1) is 7.91. The number of ether oxygens (including phenoxy) is 1. The molecule has 6 heteroatoms. The average molecular weight is 244 g/mol. The van der Waals surface area contributed by atoms with Crippen molar-refractivity contribution in [3.05, 3.63) is 0 Å². The van der Waals surface area contributed by atoms with E-state index in [2.05, 4.69) is 0 Å². The molecule has 1 aliphatic rings. The zero-order valence-electron chi connectivity index (χ0n) is 10.5. The van der Waals surface area contributed by atoms with Gasteiger partial charge in [0.15, 0.2) is 6.10 Å². The second-order valence-corrected chi connectivity index (χ2v) is 4.59. The van der Waals surface area contributed by atoms with Gasteiger partial charge in [-0.2, -0.15) is 0 Å². The summed E-state index contributed by atoms with van der Waals surface area (Å²) in [5.74, 6) is -1.12. The van der Waals surface area contributed by atoms with Crippen molar-refractivity contribution in [2.75, 3.05) is 34.2 Å². The minimum absolute atomic E-state index is 0.129. The van der Waals surface area contributed by atoms with Gasteiger partial charge in [-0.15, -0.1) is 0 Å². The molecule has 0 aliphatic carbocycles. The zero-order chi connectivity index (χ0) is 13.0. The lowest BCUT2D eigenvalue weighted by atomic mass is 10.2. The first-order valence-corrected chi connectivity index (χ1v) is 5.69. The molecule has 1 rings (SSSR count). The number of hydrogen-bond donors (Lipinski definition) is 1. The molecular weight excluding hydrogens is 224 g/mol. The first kappa shape index (κ1) is 13.9. The predicted molar refractivity (Wildman–Crippen MR) is 61.7 cm³/mol. The van der Waals surface area contributed by atoms with Gasteiger partial charge in [-0.1, -0.05) is 0 Å². The first-order valence-electron chi connectivity index (χ1n) is 5.69. The predicted octanol–water partition coefficient (Wildman–Crippen LogP) is -0.361. The van der Waals surface area contributed by atoms with E-state index in [1.54, 1.807) is 11.9 Å². The zero-order valence-corrected chi connectivity index (χ0v) is 10.5. The third-order valence-corrected chi connectivity index (χ3v) is 2.83. The van der Waals surface area contributed by atoms with Crippen molar-refractivity contribution in [1.29, 1.82) is 0 Å². The lowest BCUT2D eigenvalue weighted by molar-refractivity contribution is -0.154. The van der Waals surface area contributed by atoms with Gasteiger partial charge in [0.05, 0.1) is 0 Å². The van der Waals surface area contributed by atoms with Crippen molar-refractivity contribution in [3.8, 4) is 0 Å². The molecule has 1 saturated heterocycles. The van der Waals surface area contributed by atoms with Crippen LogP contribution in [0.15, 0.2) is 0 Å². The van der Waals surface area contributed by atoms with Gasteiger partial charge in [0.2, 0.25) is 0 Å². The highest BCUT2D eigenvalue weighted by atomic mass is 16.5. The van der Waals surface area contributed by atoms with Crippen molar-refractivity contribution in [3.63, 3.8) is 0 Å². The van der Waals surface area contributed by atoms with Gasteiger partial charge >= 0.3 is 5.97 Å². The summed E-state index contributed by atoms with van der Waals surface area (Å²) in [5.41, 5.74) is 0. The Morgan fingerprint density at radius 3 is 2.24 bits per heavy atom. The summed E-state index contributed by atoms with van der Waals surface area (Å²) in [6, 6.07) is 0. The van der Waals surface area contributed by atoms with Gasteiger partial charge in [0, 0.05) is 20.1 Å². The van der Waals surface area contributed by atoms with Gasteiger partial charge in [-0.05, 0) is 26.9 Å². The average Bonchev–Trinajstić information content (AvgIpc) is 2.73. The Labute approximate surface area is 101 Å². The van der Waals surface area contributed by atoms with Crippen LogP contribution in [0.2, 0.25) is 0 Å². The van der Waals surface area contributed by atoms with E-state index in [-0.39, 0.29) is 5.91 Å². The molecule has 1 aliphatic heterocycles. The summed E-state index contributed by atoms with van der Waals surface area (Å²) in [7, 11) is 5.58. The van der Waals surface area contributed by atoms with E-state index < -0.39 is 18.2 Å². The second kappa shape index (κ2) is 5.97. The number of likely N-dealkylation sites (N-methyl/N-ethyl adjacent to an activating group) is 2. The normalized spacial score (nSPS) is 24.0. The molecule has 0 saturated carbocycles. The number of amides is 1. The highest BCUT2D eigenvalue weighted by molar-refractivity contribution is 5.82. The van der Waals surface area contributed by atoms with Crippen LogP contribution in [0.25, 0.3) is 0 Å². The quantitative estimate of drug-likeness (QED) is 0.715. The van der Waals surface area contributed by atoms with Gasteiger partial charge in [0.1, 0.15) is 6.10 Å². The Morgan fingerprint density at radius 1 is 1.18 bits per heavy atom. The number of carboxylic acid groups (broad SMARTS) is 1. The highest BCUT2D eigenvalue weighted by Crippen LogP contribution is 2.21. The van der Waals surface area contributed by atoms with Crippen LogP contribution in [-0.4, -0.2) is 73.2 Å². The van der Waals surface area contributed by atoms with E-state index in [0.29, 0.717) is 19.4 Å². The Kier molecular flexibility index (Phi) is 4.89. The van der Waals surface area contributed by atoms with Crippen LogP contribution in [-0.2, 0) is 14.3 Å². The monoisotopic (exact) mass is 244 g/mol. The van der Waals surface area contributed by atoms with Crippen molar-refractivity contribution in [2.24, 2.45) is 0 Å². The molecule has 98 valence electrons. The lowest BCUT2D eigenvalue weighted by Crippen LogP contribution is -2.40. The summed E-state index contributed by atoms with van der Waals surface area (Å²) in [6.07, 6.45) is -0.524. The highest BCUT2D eigenvalue weighted by Gasteiger charge is 2.35. The molecule has 0 unspecified atom stereocenters. The molecule has 1 N–H and O–H groups in total. The molecule has 0 spiro atoms. The largest absolute Gasteiger partial charge is 0.479 e. The van der Waals surface area contributed by atoms with E-state index in [9.17, 15) is 9.59 Å². The third-order valence-electron chi connectivity index (χ3n) is 2.83. The number of carboxylic acids is 1. The summed E-state index contributed by atoms with van der Waals surface area (Å²) in [6.45, 7) is 1.39. The summed E-state index contributed by atoms with van der Waals surface area (Å²) in [4.78, 5) is 26.2. The molecule has 0 aromatic rings. The smallest absolute Gasteiger partial charge is 0.332 e. The molecule has 0 bridgehead atoms. The molecule has 6 nitrogen and oxygen atoms in total. The fourth-order valence-electron chi connectivity index (χ4n) is 1.71. The second-order valence-electron chi connectivity index (χ2n) is 4.59. The Balaban J connectivity index is 2.40. The number of nitrogens with zero attached hydrogens (tertiary/aromatic N) is 2. The van der Waals surface area contributed by atoms with E-state index >= 15 is 0 Å². The molecule has 1 fully saturated rings. The van der Waals surface area contributed by atoms with E-state index in [1.165, 1.54) is 0 Å². The van der Waals surface area contributed by atoms with Crippen LogP contribution >= 0.6 is 0 Å². The van der Waals surface area contributed by atoms with Gasteiger partial charge in [0.25, 0.3) is 5.91 Å². The molecule has 2 atom stereocenters. The maximum absolute atomic E-state index is 11.9. The fraction of sp³-hybridized carbons (Fsp3) is 0.818. The van der Waals surface area contributed by atoms with Crippen molar-refractivity contribution < 1.29 is 19.4 Å². The number of rotatable bonds is 5. The van der Waals surface area contributed by atoms with Gasteiger partial charge < -0.3 is 19.6 Å². The number of aliphatic carboxylic acids is 1. The summed E-state index contributed by atoms with van der Waals surface area (Å²) < 4.78 is 5.21. The van der Waals surface area contributed by atoms with Crippen molar-refractivity contribution in [1.82, 2.24) is 9.80 Å². The van der Waals surface area contributed by atoms with Crippen LogP contribution in [0.4, 0.5) is 0 Å². The Hall–Kier alpha value is -1.14.